The molecule has 1 unspecified atom stereocenters. The average Bonchev–Trinajstić information content (AvgIpc) is 2.81. The summed E-state index contributed by atoms with van der Waals surface area (Å²) in [6.07, 6.45) is 5.88. The van der Waals surface area contributed by atoms with E-state index in [-0.39, 0.29) is 0 Å². The van der Waals surface area contributed by atoms with Crippen LogP contribution < -0.4 is 10.2 Å². The van der Waals surface area contributed by atoms with Crippen LogP contribution in [-0.4, -0.2) is 19.1 Å². The first-order valence-electron chi connectivity index (χ1n) is 6.81. The molecule has 1 aromatic heterocycles. The van der Waals surface area contributed by atoms with Gasteiger partial charge >= 0.3 is 0 Å². The maximum Gasteiger partial charge on any atom is 0.0769 e. The van der Waals surface area contributed by atoms with Crippen LogP contribution in [0.5, 0.6) is 0 Å². The number of halogens is 1. The summed E-state index contributed by atoms with van der Waals surface area (Å²) in [4.78, 5) is 6.33. The highest BCUT2D eigenvalue weighted by Gasteiger charge is 2.23. The van der Waals surface area contributed by atoms with E-state index in [9.17, 15) is 0 Å². The standard InChI is InChI=1S/C16H18ClN3/c1-20(2)16-7-8-18-10-15(16)19-14-6-3-11-9-12(17)4-5-13(11)14/h4-5,7-10,14,19H,3,6H2,1-2H3. The van der Waals surface area contributed by atoms with Crippen molar-refractivity contribution in [1.82, 2.24) is 4.98 Å². The zero-order valence-corrected chi connectivity index (χ0v) is 12.5. The molecule has 3 rings (SSSR count). The van der Waals surface area contributed by atoms with Crippen LogP contribution in [0.3, 0.4) is 0 Å². The first-order chi connectivity index (χ1) is 9.65. The fourth-order valence-corrected chi connectivity index (χ4v) is 3.01. The van der Waals surface area contributed by atoms with E-state index in [1.54, 1.807) is 0 Å². The molecule has 0 radical (unpaired) electrons. The Hall–Kier alpha value is -1.74. The molecule has 1 aliphatic carbocycles. The Kier molecular flexibility index (Phi) is 3.53. The third-order valence-corrected chi connectivity index (χ3v) is 4.03. The van der Waals surface area contributed by atoms with Gasteiger partial charge in [0.05, 0.1) is 23.6 Å². The molecular formula is C16H18ClN3. The Morgan fingerprint density at radius 2 is 2.15 bits per heavy atom. The summed E-state index contributed by atoms with van der Waals surface area (Å²) in [6, 6.07) is 8.55. The smallest absolute Gasteiger partial charge is 0.0769 e. The summed E-state index contributed by atoms with van der Waals surface area (Å²) in [5.41, 5.74) is 4.93. The number of pyridine rings is 1. The molecule has 0 saturated heterocycles. The van der Waals surface area contributed by atoms with Crippen molar-refractivity contribution in [3.8, 4) is 0 Å². The first-order valence-corrected chi connectivity index (χ1v) is 7.19. The summed E-state index contributed by atoms with van der Waals surface area (Å²) >= 11 is 6.06. The summed E-state index contributed by atoms with van der Waals surface area (Å²) in [5.74, 6) is 0. The quantitative estimate of drug-likeness (QED) is 0.928. The Bertz CT molecular complexity index is 625. The maximum atomic E-state index is 6.06. The van der Waals surface area contributed by atoms with Crippen molar-refractivity contribution in [2.45, 2.75) is 18.9 Å². The first kappa shape index (κ1) is 13.3. The van der Waals surface area contributed by atoms with Crippen LogP contribution in [0, 0.1) is 0 Å². The van der Waals surface area contributed by atoms with Crippen LogP contribution in [-0.2, 0) is 6.42 Å². The zero-order chi connectivity index (χ0) is 14.1. The Morgan fingerprint density at radius 1 is 1.30 bits per heavy atom. The minimum Gasteiger partial charge on any atom is -0.376 e. The monoisotopic (exact) mass is 287 g/mol. The molecule has 0 spiro atoms. The second-order valence-corrected chi connectivity index (χ2v) is 5.80. The van der Waals surface area contributed by atoms with E-state index in [0.29, 0.717) is 6.04 Å². The minimum atomic E-state index is 0.338. The van der Waals surface area contributed by atoms with Gasteiger partial charge in [0.25, 0.3) is 0 Å². The molecule has 0 fully saturated rings. The molecule has 1 aromatic carbocycles. The molecule has 1 N–H and O–H groups in total. The average molecular weight is 288 g/mol. The van der Waals surface area contributed by atoms with E-state index in [1.165, 1.54) is 11.1 Å². The van der Waals surface area contributed by atoms with E-state index in [4.69, 9.17) is 11.6 Å². The number of hydrogen-bond acceptors (Lipinski definition) is 3. The Balaban J connectivity index is 1.88. The molecular weight excluding hydrogens is 270 g/mol. The molecule has 0 amide bonds. The van der Waals surface area contributed by atoms with Gasteiger partial charge in [-0.1, -0.05) is 17.7 Å². The summed E-state index contributed by atoms with van der Waals surface area (Å²) in [7, 11) is 4.09. The summed E-state index contributed by atoms with van der Waals surface area (Å²) < 4.78 is 0. The fourth-order valence-electron chi connectivity index (χ4n) is 2.81. The van der Waals surface area contributed by atoms with Crippen LogP contribution >= 0.6 is 11.6 Å². The predicted molar refractivity (Wildman–Crippen MR) is 84.7 cm³/mol. The van der Waals surface area contributed by atoms with Crippen molar-refractivity contribution in [2.24, 2.45) is 0 Å². The number of anilines is 2. The van der Waals surface area contributed by atoms with Crippen molar-refractivity contribution in [3.63, 3.8) is 0 Å². The molecule has 1 heterocycles. The van der Waals surface area contributed by atoms with Crippen molar-refractivity contribution < 1.29 is 0 Å². The molecule has 1 atom stereocenters. The second kappa shape index (κ2) is 5.33. The number of hydrogen-bond donors (Lipinski definition) is 1. The molecule has 0 bridgehead atoms. The number of rotatable bonds is 3. The Labute approximate surface area is 124 Å². The fraction of sp³-hybridized carbons (Fsp3) is 0.312. The lowest BCUT2D eigenvalue weighted by Crippen LogP contribution is -2.14. The molecule has 3 nitrogen and oxygen atoms in total. The number of nitrogens with one attached hydrogen (secondary N) is 1. The molecule has 1 aliphatic rings. The van der Waals surface area contributed by atoms with Crippen molar-refractivity contribution in [2.75, 3.05) is 24.3 Å². The van der Waals surface area contributed by atoms with E-state index < -0.39 is 0 Å². The van der Waals surface area contributed by atoms with E-state index in [2.05, 4.69) is 27.3 Å². The van der Waals surface area contributed by atoms with Crippen molar-refractivity contribution in [1.29, 1.82) is 0 Å². The van der Waals surface area contributed by atoms with Gasteiger partial charge in [-0.15, -0.1) is 0 Å². The van der Waals surface area contributed by atoms with Gasteiger partial charge in [-0.25, -0.2) is 0 Å². The number of fused-ring (bicyclic) bond motifs is 1. The molecule has 104 valence electrons. The lowest BCUT2D eigenvalue weighted by Gasteiger charge is -2.21. The second-order valence-electron chi connectivity index (χ2n) is 5.37. The third-order valence-electron chi connectivity index (χ3n) is 3.79. The number of aromatic nitrogens is 1. The lowest BCUT2D eigenvalue weighted by molar-refractivity contribution is 0.761. The topological polar surface area (TPSA) is 28.2 Å². The van der Waals surface area contributed by atoms with Crippen molar-refractivity contribution in [3.05, 3.63) is 52.8 Å². The molecule has 0 saturated carbocycles. The number of aryl methyl sites for hydroxylation is 1. The number of nitrogens with zero attached hydrogens (tertiary/aromatic N) is 2. The largest absolute Gasteiger partial charge is 0.376 e. The van der Waals surface area contributed by atoms with Gasteiger partial charge in [0, 0.05) is 25.3 Å². The van der Waals surface area contributed by atoms with E-state index >= 15 is 0 Å². The van der Waals surface area contributed by atoms with Crippen LogP contribution in [0.15, 0.2) is 36.7 Å². The molecule has 2 aromatic rings. The van der Waals surface area contributed by atoms with Gasteiger partial charge in [0.1, 0.15) is 0 Å². The van der Waals surface area contributed by atoms with E-state index in [0.717, 1.165) is 29.2 Å². The van der Waals surface area contributed by atoms with Crippen LogP contribution in [0.25, 0.3) is 0 Å². The van der Waals surface area contributed by atoms with Gasteiger partial charge in [-0.3, -0.25) is 4.98 Å². The maximum absolute atomic E-state index is 6.06. The van der Waals surface area contributed by atoms with Crippen LogP contribution in [0.2, 0.25) is 5.02 Å². The SMILES string of the molecule is CN(C)c1ccncc1NC1CCc2cc(Cl)ccc21. The normalized spacial score (nSPS) is 16.9. The van der Waals surface area contributed by atoms with Gasteiger partial charge in [0.15, 0.2) is 0 Å². The molecule has 20 heavy (non-hydrogen) atoms. The van der Waals surface area contributed by atoms with Gasteiger partial charge in [-0.05, 0) is 42.2 Å². The highest BCUT2D eigenvalue weighted by atomic mass is 35.5. The third kappa shape index (κ3) is 2.46. The summed E-state index contributed by atoms with van der Waals surface area (Å²) in [5, 5.41) is 4.44. The van der Waals surface area contributed by atoms with Gasteiger partial charge < -0.3 is 10.2 Å². The lowest BCUT2D eigenvalue weighted by atomic mass is 10.1. The van der Waals surface area contributed by atoms with Gasteiger partial charge in [-0.2, -0.15) is 0 Å². The molecule has 0 aliphatic heterocycles. The van der Waals surface area contributed by atoms with Gasteiger partial charge in [0.2, 0.25) is 0 Å². The minimum absolute atomic E-state index is 0.338. The van der Waals surface area contributed by atoms with E-state index in [1.807, 2.05) is 38.6 Å². The highest BCUT2D eigenvalue weighted by molar-refractivity contribution is 6.30. The predicted octanol–water partition coefficient (Wildman–Crippen LogP) is 3.90. The van der Waals surface area contributed by atoms with Crippen LogP contribution in [0.4, 0.5) is 11.4 Å². The number of benzene rings is 1. The molecule has 4 heteroatoms. The highest BCUT2D eigenvalue weighted by Crippen LogP contribution is 2.36. The van der Waals surface area contributed by atoms with Crippen molar-refractivity contribution >= 4 is 23.0 Å². The van der Waals surface area contributed by atoms with Crippen LogP contribution in [0.1, 0.15) is 23.6 Å². The summed E-state index contributed by atoms with van der Waals surface area (Å²) in [6.45, 7) is 0. The zero-order valence-electron chi connectivity index (χ0n) is 11.7. The Morgan fingerprint density at radius 3 is 2.95 bits per heavy atom.